The highest BCUT2D eigenvalue weighted by Crippen LogP contribution is 2.36. The van der Waals surface area contributed by atoms with Gasteiger partial charge in [-0.3, -0.25) is 4.98 Å². The number of aromatic nitrogens is 1. The first-order chi connectivity index (χ1) is 9.07. The molecule has 0 spiro atoms. The van der Waals surface area contributed by atoms with Crippen molar-refractivity contribution in [2.75, 3.05) is 0 Å². The summed E-state index contributed by atoms with van der Waals surface area (Å²) in [5.74, 6) is 0. The number of benzene rings is 1. The summed E-state index contributed by atoms with van der Waals surface area (Å²) < 4.78 is 23.9. The molecule has 0 radical (unpaired) electrons. The lowest BCUT2D eigenvalue weighted by atomic mass is 9.94. The fourth-order valence-corrected chi connectivity index (χ4v) is 4.15. The van der Waals surface area contributed by atoms with E-state index >= 15 is 0 Å². The van der Waals surface area contributed by atoms with Crippen molar-refractivity contribution in [3.8, 4) is 0 Å². The number of fused-ring (bicyclic) bond motifs is 1. The molecular formula is C15H18ClNO2S. The van der Waals surface area contributed by atoms with Gasteiger partial charge in [0.15, 0.2) is 0 Å². The zero-order valence-electron chi connectivity index (χ0n) is 12.5. The molecule has 0 bridgehead atoms. The van der Waals surface area contributed by atoms with Crippen molar-refractivity contribution in [3.05, 3.63) is 33.5 Å². The Balaban J connectivity index is 3.25. The first-order valence-electron chi connectivity index (χ1n) is 6.39. The molecule has 0 aliphatic rings. The smallest absolute Gasteiger partial charge is 0.251 e. The van der Waals surface area contributed by atoms with Crippen molar-refractivity contribution in [1.29, 1.82) is 0 Å². The van der Waals surface area contributed by atoms with Crippen LogP contribution in [0.2, 0.25) is 0 Å². The zero-order chi connectivity index (χ0) is 15.4. The van der Waals surface area contributed by atoms with Crippen molar-refractivity contribution < 1.29 is 8.42 Å². The van der Waals surface area contributed by atoms with Crippen LogP contribution in [0.1, 0.15) is 33.5 Å². The summed E-state index contributed by atoms with van der Waals surface area (Å²) in [6.07, 6.45) is 0. The third-order valence-electron chi connectivity index (χ3n) is 4.30. The fourth-order valence-electron chi connectivity index (χ4n) is 2.68. The molecule has 108 valence electrons. The molecule has 0 saturated heterocycles. The van der Waals surface area contributed by atoms with Gasteiger partial charge in [0, 0.05) is 21.8 Å². The molecule has 0 atom stereocenters. The van der Waals surface area contributed by atoms with E-state index in [0.29, 0.717) is 11.1 Å². The third-order valence-corrected chi connectivity index (χ3v) is 5.75. The fraction of sp³-hybridized carbons (Fsp3) is 0.400. The Kier molecular flexibility index (Phi) is 3.59. The van der Waals surface area contributed by atoms with Gasteiger partial charge in [0.25, 0.3) is 9.05 Å². The second kappa shape index (κ2) is 4.71. The molecule has 20 heavy (non-hydrogen) atoms. The first-order valence-corrected chi connectivity index (χ1v) is 8.70. The molecular weight excluding hydrogens is 294 g/mol. The van der Waals surface area contributed by atoms with Crippen LogP contribution in [0.25, 0.3) is 10.9 Å². The Morgan fingerprint density at radius 1 is 0.800 bits per heavy atom. The number of hydrogen-bond donors (Lipinski definition) is 0. The van der Waals surface area contributed by atoms with Crippen molar-refractivity contribution in [2.45, 2.75) is 46.4 Å². The van der Waals surface area contributed by atoms with E-state index in [0.717, 1.165) is 33.3 Å². The van der Waals surface area contributed by atoms with Gasteiger partial charge in [-0.2, -0.15) is 0 Å². The molecule has 0 aliphatic carbocycles. The lowest BCUT2D eigenvalue weighted by Crippen LogP contribution is -2.06. The van der Waals surface area contributed by atoms with Crippen LogP contribution in [0, 0.1) is 41.5 Å². The van der Waals surface area contributed by atoms with E-state index in [1.807, 2.05) is 34.6 Å². The van der Waals surface area contributed by atoms with Crippen molar-refractivity contribution >= 4 is 30.6 Å². The number of nitrogens with zero attached hydrogens (tertiary/aromatic N) is 1. The number of aryl methyl sites for hydroxylation is 3. The SMILES string of the molecule is Cc1nc2c(S(=O)(=O)Cl)c(C)c(C)c(C)c2c(C)c1C. The number of hydrogen-bond acceptors (Lipinski definition) is 3. The van der Waals surface area contributed by atoms with Crippen LogP contribution in [0.3, 0.4) is 0 Å². The Hall–Kier alpha value is -1.13. The third kappa shape index (κ3) is 2.11. The Morgan fingerprint density at radius 2 is 1.30 bits per heavy atom. The predicted molar refractivity (Wildman–Crippen MR) is 83.2 cm³/mol. The molecule has 0 saturated carbocycles. The summed E-state index contributed by atoms with van der Waals surface area (Å²) in [5, 5.41) is 0.899. The molecule has 0 fully saturated rings. The predicted octanol–water partition coefficient (Wildman–Crippen LogP) is 4.01. The van der Waals surface area contributed by atoms with Gasteiger partial charge < -0.3 is 0 Å². The normalized spacial score (nSPS) is 12.2. The minimum Gasteiger partial charge on any atom is -0.251 e. The summed E-state index contributed by atoms with van der Waals surface area (Å²) in [6, 6.07) is 0. The second-order valence-corrected chi connectivity index (χ2v) is 7.82. The topological polar surface area (TPSA) is 47.0 Å². The van der Waals surface area contributed by atoms with E-state index in [2.05, 4.69) is 4.98 Å². The van der Waals surface area contributed by atoms with Crippen LogP contribution in [0.5, 0.6) is 0 Å². The molecule has 2 rings (SSSR count). The van der Waals surface area contributed by atoms with E-state index in [1.54, 1.807) is 6.92 Å². The van der Waals surface area contributed by atoms with E-state index in [9.17, 15) is 8.42 Å². The van der Waals surface area contributed by atoms with Crippen LogP contribution in [0.15, 0.2) is 4.90 Å². The maximum absolute atomic E-state index is 12.0. The van der Waals surface area contributed by atoms with E-state index in [1.165, 1.54) is 0 Å². The van der Waals surface area contributed by atoms with Crippen molar-refractivity contribution in [2.24, 2.45) is 0 Å². The van der Waals surface area contributed by atoms with Gasteiger partial charge >= 0.3 is 0 Å². The van der Waals surface area contributed by atoms with Crippen LogP contribution in [-0.4, -0.2) is 13.4 Å². The van der Waals surface area contributed by atoms with Crippen LogP contribution < -0.4 is 0 Å². The van der Waals surface area contributed by atoms with Crippen LogP contribution in [0.4, 0.5) is 0 Å². The average Bonchev–Trinajstić information content (AvgIpc) is 2.31. The summed E-state index contributed by atoms with van der Waals surface area (Å²) in [5.41, 5.74) is 6.16. The van der Waals surface area contributed by atoms with Gasteiger partial charge in [0.05, 0.1) is 5.52 Å². The van der Waals surface area contributed by atoms with Gasteiger partial charge in [0.1, 0.15) is 4.90 Å². The molecule has 1 aromatic carbocycles. The van der Waals surface area contributed by atoms with Gasteiger partial charge in [-0.05, 0) is 69.4 Å². The quantitative estimate of drug-likeness (QED) is 0.747. The molecule has 0 N–H and O–H groups in total. The zero-order valence-corrected chi connectivity index (χ0v) is 14.1. The van der Waals surface area contributed by atoms with Gasteiger partial charge in [0.2, 0.25) is 0 Å². The number of pyridine rings is 1. The minimum atomic E-state index is -3.84. The lowest BCUT2D eigenvalue weighted by molar-refractivity contribution is 0.609. The Bertz CT molecular complexity index is 831. The molecule has 1 heterocycles. The molecule has 0 aliphatic heterocycles. The summed E-state index contributed by atoms with van der Waals surface area (Å²) in [7, 11) is 1.81. The highest BCUT2D eigenvalue weighted by atomic mass is 35.7. The summed E-state index contributed by atoms with van der Waals surface area (Å²) in [6.45, 7) is 11.6. The highest BCUT2D eigenvalue weighted by molar-refractivity contribution is 8.14. The van der Waals surface area contributed by atoms with Gasteiger partial charge in [-0.25, -0.2) is 8.42 Å². The maximum atomic E-state index is 12.0. The van der Waals surface area contributed by atoms with E-state index in [-0.39, 0.29) is 4.90 Å². The van der Waals surface area contributed by atoms with Crippen LogP contribution in [-0.2, 0) is 9.05 Å². The first kappa shape index (κ1) is 15.3. The second-order valence-electron chi connectivity index (χ2n) is 5.31. The van der Waals surface area contributed by atoms with Crippen molar-refractivity contribution in [1.82, 2.24) is 4.98 Å². The standard InChI is InChI=1S/C15H18ClNO2S/c1-7-9(3)13-10(4)8(2)12(6)17-14(13)15(11(7)5)20(16,18)19/h1-6H3. The van der Waals surface area contributed by atoms with Gasteiger partial charge in [-0.1, -0.05) is 0 Å². The summed E-state index contributed by atoms with van der Waals surface area (Å²) >= 11 is 0. The number of halogens is 1. The monoisotopic (exact) mass is 311 g/mol. The molecule has 3 nitrogen and oxygen atoms in total. The number of rotatable bonds is 1. The Morgan fingerprint density at radius 3 is 1.80 bits per heavy atom. The molecule has 1 aromatic heterocycles. The molecule has 5 heteroatoms. The minimum absolute atomic E-state index is 0.142. The maximum Gasteiger partial charge on any atom is 0.263 e. The van der Waals surface area contributed by atoms with Crippen LogP contribution >= 0.6 is 10.7 Å². The van der Waals surface area contributed by atoms with E-state index < -0.39 is 9.05 Å². The lowest BCUT2D eigenvalue weighted by Gasteiger charge is -2.18. The molecule has 0 unspecified atom stereocenters. The largest absolute Gasteiger partial charge is 0.263 e. The van der Waals surface area contributed by atoms with Crippen molar-refractivity contribution in [3.63, 3.8) is 0 Å². The molecule has 2 aromatic rings. The summed E-state index contributed by atoms with van der Waals surface area (Å²) in [4.78, 5) is 4.64. The highest BCUT2D eigenvalue weighted by Gasteiger charge is 2.24. The molecule has 0 amide bonds. The average molecular weight is 312 g/mol. The Labute approximate surface area is 124 Å². The van der Waals surface area contributed by atoms with Gasteiger partial charge in [-0.15, -0.1) is 0 Å². The van der Waals surface area contributed by atoms with E-state index in [4.69, 9.17) is 10.7 Å².